The van der Waals surface area contributed by atoms with Crippen molar-refractivity contribution in [1.82, 2.24) is 0 Å². The first-order valence-corrected chi connectivity index (χ1v) is 9.04. The summed E-state index contributed by atoms with van der Waals surface area (Å²) in [5.74, 6) is 1.73. The summed E-state index contributed by atoms with van der Waals surface area (Å²) in [4.78, 5) is 0. The molecule has 0 aromatic heterocycles. The third-order valence-electron chi connectivity index (χ3n) is 6.21. The number of benzene rings is 1. The predicted octanol–water partition coefficient (Wildman–Crippen LogP) is 5.14. The summed E-state index contributed by atoms with van der Waals surface area (Å²) < 4.78 is 0. The standard InChI is InChI=1S/C20H31N/c1-16-5-7-17(8-6-16)18-9-11-19(12-10-18)20(15-21)13-3-2-4-14-20/h9-12,16-17H,2-8,13-15,21H2,1H3. The summed E-state index contributed by atoms with van der Waals surface area (Å²) >= 11 is 0. The zero-order chi connectivity index (χ0) is 14.7. The molecule has 0 unspecified atom stereocenters. The van der Waals surface area contributed by atoms with Crippen molar-refractivity contribution in [3.63, 3.8) is 0 Å². The minimum absolute atomic E-state index is 0.276. The van der Waals surface area contributed by atoms with Gasteiger partial charge >= 0.3 is 0 Å². The van der Waals surface area contributed by atoms with E-state index in [2.05, 4.69) is 31.2 Å². The topological polar surface area (TPSA) is 26.0 Å². The predicted molar refractivity (Wildman–Crippen MR) is 90.6 cm³/mol. The highest BCUT2D eigenvalue weighted by Crippen LogP contribution is 2.40. The maximum Gasteiger partial charge on any atom is 0.00755 e. The molecule has 0 radical (unpaired) electrons. The molecule has 1 aromatic carbocycles. The molecule has 2 aliphatic carbocycles. The third kappa shape index (κ3) is 3.18. The molecule has 0 aliphatic heterocycles. The highest BCUT2D eigenvalue weighted by atomic mass is 14.6. The van der Waals surface area contributed by atoms with Gasteiger partial charge in [0.05, 0.1) is 0 Å². The number of rotatable bonds is 3. The fourth-order valence-electron chi connectivity index (χ4n) is 4.54. The molecule has 0 atom stereocenters. The second kappa shape index (κ2) is 6.52. The van der Waals surface area contributed by atoms with E-state index < -0.39 is 0 Å². The van der Waals surface area contributed by atoms with Crippen LogP contribution in [0.25, 0.3) is 0 Å². The van der Waals surface area contributed by atoms with E-state index in [1.165, 1.54) is 63.4 Å². The SMILES string of the molecule is CC1CCC(c2ccc(C3(CN)CCCCC3)cc2)CC1. The molecule has 1 heteroatoms. The van der Waals surface area contributed by atoms with Gasteiger partial charge in [-0.3, -0.25) is 0 Å². The van der Waals surface area contributed by atoms with Gasteiger partial charge in [0.15, 0.2) is 0 Å². The molecule has 3 rings (SSSR count). The van der Waals surface area contributed by atoms with E-state index in [4.69, 9.17) is 5.73 Å². The highest BCUT2D eigenvalue weighted by Gasteiger charge is 2.32. The number of hydrogen-bond donors (Lipinski definition) is 1. The number of hydrogen-bond acceptors (Lipinski definition) is 1. The van der Waals surface area contributed by atoms with Crippen molar-refractivity contribution in [2.45, 2.75) is 76.0 Å². The van der Waals surface area contributed by atoms with Gasteiger partial charge in [0.1, 0.15) is 0 Å². The highest BCUT2D eigenvalue weighted by molar-refractivity contribution is 5.32. The normalized spacial score (nSPS) is 29.2. The van der Waals surface area contributed by atoms with Gasteiger partial charge in [0.2, 0.25) is 0 Å². The van der Waals surface area contributed by atoms with Crippen LogP contribution in [0.15, 0.2) is 24.3 Å². The fourth-order valence-corrected chi connectivity index (χ4v) is 4.54. The Bertz CT molecular complexity index is 433. The Morgan fingerprint density at radius 3 is 2.14 bits per heavy atom. The first-order chi connectivity index (χ1) is 10.2. The van der Waals surface area contributed by atoms with Crippen molar-refractivity contribution < 1.29 is 0 Å². The first-order valence-electron chi connectivity index (χ1n) is 9.04. The summed E-state index contributed by atoms with van der Waals surface area (Å²) in [6, 6.07) is 9.60. The minimum Gasteiger partial charge on any atom is -0.330 e. The van der Waals surface area contributed by atoms with Gasteiger partial charge < -0.3 is 5.73 Å². The minimum atomic E-state index is 0.276. The molecule has 0 bridgehead atoms. The molecule has 0 amide bonds. The Kier molecular flexibility index (Phi) is 4.69. The summed E-state index contributed by atoms with van der Waals surface area (Å²) in [5.41, 5.74) is 9.50. The molecule has 116 valence electrons. The molecule has 2 N–H and O–H groups in total. The Balaban J connectivity index is 1.74. The number of nitrogens with two attached hydrogens (primary N) is 1. The Hall–Kier alpha value is -0.820. The molecule has 2 aliphatic rings. The van der Waals surface area contributed by atoms with E-state index >= 15 is 0 Å². The van der Waals surface area contributed by atoms with Crippen LogP contribution in [0.5, 0.6) is 0 Å². The lowest BCUT2D eigenvalue weighted by Gasteiger charge is -2.37. The quantitative estimate of drug-likeness (QED) is 0.817. The second-order valence-electron chi connectivity index (χ2n) is 7.62. The van der Waals surface area contributed by atoms with Gasteiger partial charge in [-0.15, -0.1) is 0 Å². The first kappa shape index (κ1) is 15.1. The summed E-state index contributed by atoms with van der Waals surface area (Å²) in [5, 5.41) is 0. The van der Waals surface area contributed by atoms with Gasteiger partial charge in [-0.2, -0.15) is 0 Å². The second-order valence-corrected chi connectivity index (χ2v) is 7.62. The summed E-state index contributed by atoms with van der Waals surface area (Å²) in [7, 11) is 0. The average molecular weight is 285 g/mol. The zero-order valence-corrected chi connectivity index (χ0v) is 13.6. The largest absolute Gasteiger partial charge is 0.330 e. The van der Waals surface area contributed by atoms with E-state index in [-0.39, 0.29) is 5.41 Å². The molecule has 0 saturated heterocycles. The molecule has 2 saturated carbocycles. The van der Waals surface area contributed by atoms with Crippen molar-refractivity contribution >= 4 is 0 Å². The maximum atomic E-state index is 6.17. The molecule has 0 heterocycles. The van der Waals surface area contributed by atoms with Crippen LogP contribution in [0.4, 0.5) is 0 Å². The van der Waals surface area contributed by atoms with E-state index in [1.54, 1.807) is 5.56 Å². The van der Waals surface area contributed by atoms with E-state index in [0.717, 1.165) is 18.4 Å². The van der Waals surface area contributed by atoms with Crippen LogP contribution in [0, 0.1) is 5.92 Å². The van der Waals surface area contributed by atoms with Gasteiger partial charge in [-0.1, -0.05) is 63.3 Å². The summed E-state index contributed by atoms with van der Waals surface area (Å²) in [6.45, 7) is 3.21. The van der Waals surface area contributed by atoms with Crippen LogP contribution < -0.4 is 5.73 Å². The summed E-state index contributed by atoms with van der Waals surface area (Å²) in [6.07, 6.45) is 12.2. The van der Waals surface area contributed by atoms with Crippen LogP contribution in [0.1, 0.15) is 81.8 Å². The van der Waals surface area contributed by atoms with Crippen molar-refractivity contribution in [2.24, 2.45) is 11.7 Å². The maximum absolute atomic E-state index is 6.17. The van der Waals surface area contributed by atoms with Crippen molar-refractivity contribution in [3.05, 3.63) is 35.4 Å². The molecule has 1 nitrogen and oxygen atoms in total. The Morgan fingerprint density at radius 1 is 0.952 bits per heavy atom. The van der Waals surface area contributed by atoms with E-state index in [1.807, 2.05) is 0 Å². The molecule has 2 fully saturated rings. The molecule has 1 aromatic rings. The van der Waals surface area contributed by atoms with Crippen LogP contribution >= 0.6 is 0 Å². The Labute approximate surface area is 130 Å². The van der Waals surface area contributed by atoms with Crippen LogP contribution in [-0.2, 0) is 5.41 Å². The van der Waals surface area contributed by atoms with Crippen LogP contribution in [0.3, 0.4) is 0 Å². The molecule has 0 spiro atoms. The average Bonchev–Trinajstić information content (AvgIpc) is 2.56. The smallest absolute Gasteiger partial charge is 0.00755 e. The van der Waals surface area contributed by atoms with Gasteiger partial charge in [0, 0.05) is 12.0 Å². The fraction of sp³-hybridized carbons (Fsp3) is 0.700. The van der Waals surface area contributed by atoms with E-state index in [9.17, 15) is 0 Å². The van der Waals surface area contributed by atoms with Gasteiger partial charge in [0.25, 0.3) is 0 Å². The zero-order valence-electron chi connectivity index (χ0n) is 13.6. The third-order valence-corrected chi connectivity index (χ3v) is 6.21. The van der Waals surface area contributed by atoms with Crippen molar-refractivity contribution in [2.75, 3.05) is 6.54 Å². The lowest BCUT2D eigenvalue weighted by Crippen LogP contribution is -2.37. The van der Waals surface area contributed by atoms with E-state index in [0.29, 0.717) is 0 Å². The van der Waals surface area contributed by atoms with Crippen molar-refractivity contribution in [1.29, 1.82) is 0 Å². The Morgan fingerprint density at radius 2 is 1.57 bits per heavy atom. The van der Waals surface area contributed by atoms with Gasteiger partial charge in [-0.25, -0.2) is 0 Å². The van der Waals surface area contributed by atoms with Crippen molar-refractivity contribution in [3.8, 4) is 0 Å². The molecule has 21 heavy (non-hydrogen) atoms. The lowest BCUT2D eigenvalue weighted by molar-refractivity contribution is 0.300. The lowest BCUT2D eigenvalue weighted by atomic mass is 9.69. The van der Waals surface area contributed by atoms with Gasteiger partial charge in [-0.05, 0) is 48.6 Å². The monoisotopic (exact) mass is 285 g/mol. The van der Waals surface area contributed by atoms with Crippen LogP contribution in [-0.4, -0.2) is 6.54 Å². The molecular weight excluding hydrogens is 254 g/mol. The molecular formula is C20H31N. The van der Waals surface area contributed by atoms with Crippen LogP contribution in [0.2, 0.25) is 0 Å².